The van der Waals surface area contributed by atoms with Crippen LogP contribution in [0.2, 0.25) is 0 Å². The Bertz CT molecular complexity index is 422. The molecule has 0 spiro atoms. The number of aromatic nitrogens is 1. The van der Waals surface area contributed by atoms with Crippen molar-refractivity contribution in [3.8, 4) is 6.07 Å². The summed E-state index contributed by atoms with van der Waals surface area (Å²) in [5.41, 5.74) is 6.76. The number of hydrogen-bond acceptors (Lipinski definition) is 4. The van der Waals surface area contributed by atoms with Crippen LogP contribution in [0.4, 0.5) is 11.5 Å². The molecule has 1 saturated heterocycles. The summed E-state index contributed by atoms with van der Waals surface area (Å²) < 4.78 is 0. The summed E-state index contributed by atoms with van der Waals surface area (Å²) >= 11 is 0. The molecule has 0 amide bonds. The maximum absolute atomic E-state index is 9.09. The Balaban J connectivity index is 2.35. The molecule has 0 aromatic carbocycles. The summed E-state index contributed by atoms with van der Waals surface area (Å²) in [5.74, 6) is 0.781. The molecule has 1 aromatic rings. The lowest BCUT2D eigenvalue weighted by atomic mass is 10.0. The third-order valence-corrected chi connectivity index (χ3v) is 3.08. The van der Waals surface area contributed by atoms with Crippen molar-refractivity contribution in [2.75, 3.05) is 17.2 Å². The van der Waals surface area contributed by atoms with E-state index < -0.39 is 0 Å². The van der Waals surface area contributed by atoms with E-state index in [0.29, 0.717) is 17.3 Å². The van der Waals surface area contributed by atoms with Gasteiger partial charge in [0.25, 0.3) is 0 Å². The minimum Gasteiger partial charge on any atom is -0.397 e. The molecule has 0 aliphatic carbocycles. The van der Waals surface area contributed by atoms with Crippen molar-refractivity contribution in [2.45, 2.75) is 32.2 Å². The van der Waals surface area contributed by atoms with Crippen LogP contribution in [-0.4, -0.2) is 17.6 Å². The molecule has 1 aromatic heterocycles. The number of pyridine rings is 1. The topological polar surface area (TPSA) is 65.9 Å². The Hall–Kier alpha value is -1.76. The van der Waals surface area contributed by atoms with Gasteiger partial charge >= 0.3 is 0 Å². The van der Waals surface area contributed by atoms with Crippen LogP contribution in [0.3, 0.4) is 0 Å². The fraction of sp³-hybridized carbons (Fsp3) is 0.500. The average molecular weight is 216 g/mol. The van der Waals surface area contributed by atoms with Gasteiger partial charge in [-0.05, 0) is 32.3 Å². The van der Waals surface area contributed by atoms with Gasteiger partial charge in [0.2, 0.25) is 0 Å². The summed E-state index contributed by atoms with van der Waals surface area (Å²) in [4.78, 5) is 6.51. The van der Waals surface area contributed by atoms with E-state index in [1.807, 2.05) is 0 Å². The van der Waals surface area contributed by atoms with Gasteiger partial charge in [-0.3, -0.25) is 0 Å². The molecule has 84 valence electrons. The van der Waals surface area contributed by atoms with Gasteiger partial charge in [0.1, 0.15) is 11.9 Å². The Morgan fingerprint density at radius 3 is 3.06 bits per heavy atom. The molecule has 1 unspecified atom stereocenters. The van der Waals surface area contributed by atoms with Crippen LogP contribution in [-0.2, 0) is 0 Å². The molecule has 0 saturated carbocycles. The third-order valence-electron chi connectivity index (χ3n) is 3.08. The standard InChI is InChI=1S/C12H16N4/c1-9-4-2-3-5-16(9)12-10(7-13)6-11(14)8-15-12/h6,8-9H,2-5,14H2,1H3. The fourth-order valence-corrected chi connectivity index (χ4v) is 2.20. The molecule has 2 heterocycles. The first-order valence-corrected chi connectivity index (χ1v) is 5.64. The number of piperidine rings is 1. The van der Waals surface area contributed by atoms with Gasteiger partial charge in [0.15, 0.2) is 0 Å². The van der Waals surface area contributed by atoms with E-state index in [9.17, 15) is 0 Å². The molecule has 1 atom stereocenters. The highest BCUT2D eigenvalue weighted by Gasteiger charge is 2.21. The van der Waals surface area contributed by atoms with Crippen LogP contribution >= 0.6 is 0 Å². The molecule has 2 rings (SSSR count). The van der Waals surface area contributed by atoms with Crippen molar-refractivity contribution in [1.29, 1.82) is 5.26 Å². The summed E-state index contributed by atoms with van der Waals surface area (Å²) in [6.07, 6.45) is 5.21. The molecule has 0 radical (unpaired) electrons. The predicted molar refractivity (Wildman–Crippen MR) is 64.0 cm³/mol. The molecular formula is C12H16N4. The molecule has 0 bridgehead atoms. The quantitative estimate of drug-likeness (QED) is 0.778. The lowest BCUT2D eigenvalue weighted by molar-refractivity contribution is 0.481. The molecule has 4 nitrogen and oxygen atoms in total. The first-order chi connectivity index (χ1) is 7.72. The highest BCUT2D eigenvalue weighted by molar-refractivity contribution is 5.59. The Morgan fingerprint density at radius 2 is 2.38 bits per heavy atom. The van der Waals surface area contributed by atoms with E-state index in [1.165, 1.54) is 12.8 Å². The van der Waals surface area contributed by atoms with Crippen molar-refractivity contribution >= 4 is 11.5 Å². The van der Waals surface area contributed by atoms with Crippen LogP contribution in [0.1, 0.15) is 31.7 Å². The summed E-state index contributed by atoms with van der Waals surface area (Å²) in [6.45, 7) is 3.16. The average Bonchev–Trinajstić information content (AvgIpc) is 2.30. The van der Waals surface area contributed by atoms with Gasteiger partial charge in [-0.2, -0.15) is 5.26 Å². The zero-order valence-electron chi connectivity index (χ0n) is 9.48. The van der Waals surface area contributed by atoms with Crippen molar-refractivity contribution in [1.82, 2.24) is 4.98 Å². The van der Waals surface area contributed by atoms with Crippen LogP contribution in [0.15, 0.2) is 12.3 Å². The van der Waals surface area contributed by atoms with Gasteiger partial charge < -0.3 is 10.6 Å². The van der Waals surface area contributed by atoms with Gasteiger partial charge in [-0.15, -0.1) is 0 Å². The van der Waals surface area contributed by atoms with E-state index in [4.69, 9.17) is 11.0 Å². The zero-order valence-corrected chi connectivity index (χ0v) is 9.48. The molecule has 1 fully saturated rings. The second-order valence-corrected chi connectivity index (χ2v) is 4.29. The van der Waals surface area contributed by atoms with Crippen LogP contribution in [0.25, 0.3) is 0 Å². The monoisotopic (exact) mass is 216 g/mol. The van der Waals surface area contributed by atoms with Crippen molar-refractivity contribution in [2.24, 2.45) is 0 Å². The number of nitriles is 1. The Morgan fingerprint density at radius 1 is 1.56 bits per heavy atom. The number of nitrogen functional groups attached to an aromatic ring is 1. The predicted octanol–water partition coefficient (Wildman–Crippen LogP) is 1.91. The Kier molecular flexibility index (Phi) is 2.95. The van der Waals surface area contributed by atoms with E-state index in [2.05, 4.69) is 22.9 Å². The van der Waals surface area contributed by atoms with Gasteiger partial charge in [0.05, 0.1) is 17.4 Å². The summed E-state index contributed by atoms with van der Waals surface area (Å²) in [5, 5.41) is 9.09. The highest BCUT2D eigenvalue weighted by atomic mass is 15.2. The third kappa shape index (κ3) is 1.94. The van der Waals surface area contributed by atoms with Gasteiger partial charge in [-0.1, -0.05) is 0 Å². The van der Waals surface area contributed by atoms with Crippen LogP contribution < -0.4 is 10.6 Å². The smallest absolute Gasteiger partial charge is 0.146 e. The summed E-state index contributed by atoms with van der Waals surface area (Å²) in [6, 6.07) is 4.32. The molecule has 1 aliphatic rings. The molecule has 4 heteroatoms. The maximum atomic E-state index is 9.09. The normalized spacial score (nSPS) is 20.5. The zero-order chi connectivity index (χ0) is 11.5. The molecule has 2 N–H and O–H groups in total. The minimum absolute atomic E-state index is 0.456. The van der Waals surface area contributed by atoms with Gasteiger partial charge in [0, 0.05) is 12.6 Å². The second-order valence-electron chi connectivity index (χ2n) is 4.29. The number of rotatable bonds is 1. The Labute approximate surface area is 95.7 Å². The first-order valence-electron chi connectivity index (χ1n) is 5.64. The lowest BCUT2D eigenvalue weighted by Crippen LogP contribution is -2.38. The number of nitrogens with zero attached hydrogens (tertiary/aromatic N) is 3. The fourth-order valence-electron chi connectivity index (χ4n) is 2.20. The lowest BCUT2D eigenvalue weighted by Gasteiger charge is -2.34. The maximum Gasteiger partial charge on any atom is 0.146 e. The van der Waals surface area contributed by atoms with E-state index in [-0.39, 0.29) is 0 Å². The van der Waals surface area contributed by atoms with Crippen molar-refractivity contribution < 1.29 is 0 Å². The van der Waals surface area contributed by atoms with Crippen molar-refractivity contribution in [3.63, 3.8) is 0 Å². The van der Waals surface area contributed by atoms with Gasteiger partial charge in [-0.25, -0.2) is 4.98 Å². The number of nitrogens with two attached hydrogens (primary N) is 1. The number of anilines is 2. The number of hydrogen-bond donors (Lipinski definition) is 1. The molecular weight excluding hydrogens is 200 g/mol. The highest BCUT2D eigenvalue weighted by Crippen LogP contribution is 2.26. The first kappa shape index (κ1) is 10.7. The molecule has 1 aliphatic heterocycles. The second kappa shape index (κ2) is 4.40. The summed E-state index contributed by atoms with van der Waals surface area (Å²) in [7, 11) is 0. The van der Waals surface area contributed by atoms with E-state index in [1.54, 1.807) is 12.3 Å². The van der Waals surface area contributed by atoms with Crippen LogP contribution in [0, 0.1) is 11.3 Å². The minimum atomic E-state index is 0.456. The van der Waals surface area contributed by atoms with Crippen molar-refractivity contribution in [3.05, 3.63) is 17.8 Å². The van der Waals surface area contributed by atoms with E-state index in [0.717, 1.165) is 18.8 Å². The molecule has 16 heavy (non-hydrogen) atoms. The largest absolute Gasteiger partial charge is 0.397 e. The van der Waals surface area contributed by atoms with Crippen LogP contribution in [0.5, 0.6) is 0 Å². The SMILES string of the molecule is CC1CCCCN1c1ncc(N)cc1C#N. The van der Waals surface area contributed by atoms with E-state index >= 15 is 0 Å².